The highest BCUT2D eigenvalue weighted by Crippen LogP contribution is 2.26. The van der Waals surface area contributed by atoms with Gasteiger partial charge in [0.15, 0.2) is 11.5 Å². The Balaban J connectivity index is 0.000000340. The smallest absolute Gasteiger partial charge is 0.382 e. The molecule has 2 aromatic rings. The molecule has 0 fully saturated rings. The molecule has 0 bridgehead atoms. The zero-order valence-corrected chi connectivity index (χ0v) is 11.6. The molecule has 0 saturated carbocycles. The molecule has 2 aromatic heterocycles. The van der Waals surface area contributed by atoms with Crippen LogP contribution in [0.5, 0.6) is 0 Å². The van der Waals surface area contributed by atoms with Crippen molar-refractivity contribution in [3.05, 3.63) is 12.4 Å². The third-order valence-electron chi connectivity index (χ3n) is 1.29. The number of hydrogen-bond acceptors (Lipinski definition) is 6. The fourth-order valence-corrected chi connectivity index (χ4v) is 0.818. The van der Waals surface area contributed by atoms with Crippen LogP contribution in [0.1, 0.15) is 0 Å². The number of aromatic amines is 1. The lowest BCUT2D eigenvalue weighted by Crippen LogP contribution is -1.91. The number of phosphoric acid groups is 2. The van der Waals surface area contributed by atoms with Crippen LogP contribution in [-0.4, -0.2) is 49.3 Å². The normalized spacial score (nSPS) is 11.2. The van der Waals surface area contributed by atoms with Crippen molar-refractivity contribution in [1.29, 1.82) is 0 Å². The molecule has 0 aliphatic carbocycles. The number of hydrogen-bond donors (Lipinski definition) is 8. The van der Waals surface area contributed by atoms with Gasteiger partial charge < -0.3 is 40.1 Å². The second kappa shape index (κ2) is 7.49. The number of nitrogens with two attached hydrogens (primary N) is 1. The van der Waals surface area contributed by atoms with Gasteiger partial charge in [0.2, 0.25) is 0 Å². The second-order valence-corrected chi connectivity index (χ2v) is 5.06. The van der Waals surface area contributed by atoms with Crippen molar-refractivity contribution in [1.82, 2.24) is 19.9 Å². The van der Waals surface area contributed by atoms with Crippen LogP contribution in [-0.2, 0) is 9.13 Å². The third-order valence-corrected chi connectivity index (χ3v) is 1.29. The highest BCUT2D eigenvalue weighted by molar-refractivity contribution is 7.45. The highest BCUT2D eigenvalue weighted by atomic mass is 31.2. The molecule has 21 heavy (non-hydrogen) atoms. The number of aromatic nitrogens is 4. The summed E-state index contributed by atoms with van der Waals surface area (Å²) in [6.07, 6.45) is 0.532. The molecule has 0 saturated heterocycles. The lowest BCUT2D eigenvalue weighted by Gasteiger charge is -1.89. The maximum Gasteiger partial charge on any atom is 0.466 e. The number of nitrogens with zero attached hydrogens (tertiary/aromatic N) is 3. The first-order valence-corrected chi connectivity index (χ1v) is 7.58. The summed E-state index contributed by atoms with van der Waals surface area (Å²) >= 11 is 0. The van der Waals surface area contributed by atoms with Gasteiger partial charge in [0.1, 0.15) is 11.8 Å². The van der Waals surface area contributed by atoms with Gasteiger partial charge in [0.25, 0.3) is 6.08 Å². The van der Waals surface area contributed by atoms with Gasteiger partial charge in [-0.05, 0) is 0 Å². The van der Waals surface area contributed by atoms with Gasteiger partial charge in [-0.1, -0.05) is 0 Å². The van der Waals surface area contributed by atoms with E-state index in [1.165, 1.54) is 6.33 Å². The number of fused-ring (bicyclic) bond motifs is 1. The van der Waals surface area contributed by atoms with Gasteiger partial charge >= 0.3 is 15.6 Å². The van der Waals surface area contributed by atoms with E-state index in [1.54, 1.807) is 0 Å². The van der Waals surface area contributed by atoms with Gasteiger partial charge in [0, 0.05) is 0 Å². The zero-order chi connectivity index (χ0) is 16.8. The Bertz CT molecular complexity index is 644. The number of H-pyrrole nitrogens is 1. The minimum atomic E-state index is -4.64. The van der Waals surface area contributed by atoms with Gasteiger partial charge in [-0.25, -0.2) is 19.1 Å². The van der Waals surface area contributed by atoms with Crippen molar-refractivity contribution in [3.8, 4) is 0 Å². The molecule has 0 aromatic carbocycles. The van der Waals surface area contributed by atoms with Crippen LogP contribution in [0.2, 0.25) is 0 Å². The number of halogens is 1. The molecule has 120 valence electrons. The SMILES string of the molecule is Nc1ncnc2nc(F)[nH]c12.O=P(O)(O)O.O=P(O)(O)O. The van der Waals surface area contributed by atoms with Crippen molar-refractivity contribution < 1.29 is 42.9 Å². The Morgan fingerprint density at radius 1 is 1.05 bits per heavy atom. The summed E-state index contributed by atoms with van der Waals surface area (Å²) < 4.78 is 30.2. The summed E-state index contributed by atoms with van der Waals surface area (Å²) in [5.41, 5.74) is 5.96. The summed E-state index contributed by atoms with van der Waals surface area (Å²) in [6.45, 7) is 0. The van der Waals surface area contributed by atoms with Crippen LogP contribution < -0.4 is 5.73 Å². The largest absolute Gasteiger partial charge is 0.466 e. The summed E-state index contributed by atoms with van der Waals surface area (Å²) in [4.78, 5) is 56.2. The average molecular weight is 349 g/mol. The molecule has 0 unspecified atom stereocenters. The van der Waals surface area contributed by atoms with Crippen molar-refractivity contribution in [2.45, 2.75) is 0 Å². The van der Waals surface area contributed by atoms with Gasteiger partial charge in [-0.15, -0.1) is 0 Å². The monoisotopic (exact) mass is 349 g/mol. The predicted octanol–water partition coefficient (Wildman–Crippen LogP) is -1.78. The molecule has 0 spiro atoms. The quantitative estimate of drug-likeness (QED) is 0.194. The van der Waals surface area contributed by atoms with E-state index >= 15 is 0 Å². The topological polar surface area (TPSA) is 236 Å². The van der Waals surface area contributed by atoms with Crippen LogP contribution >= 0.6 is 15.6 Å². The second-order valence-electron chi connectivity index (χ2n) is 3.01. The number of nitrogens with one attached hydrogen (secondary N) is 1. The van der Waals surface area contributed by atoms with E-state index < -0.39 is 21.7 Å². The van der Waals surface area contributed by atoms with Gasteiger partial charge in [-0.3, -0.25) is 0 Å². The van der Waals surface area contributed by atoms with Crippen molar-refractivity contribution in [2.75, 3.05) is 5.73 Å². The average Bonchev–Trinajstić information content (AvgIpc) is 2.54. The maximum absolute atomic E-state index is 12.4. The van der Waals surface area contributed by atoms with Crippen LogP contribution in [0, 0.1) is 6.08 Å². The molecule has 13 nitrogen and oxygen atoms in total. The van der Waals surface area contributed by atoms with Crippen LogP contribution in [0.15, 0.2) is 6.33 Å². The van der Waals surface area contributed by atoms with Gasteiger partial charge in [-0.2, -0.15) is 9.37 Å². The molecular weight excluding hydrogens is 339 g/mol. The number of anilines is 1. The molecule has 2 heterocycles. The van der Waals surface area contributed by atoms with E-state index in [4.69, 9.17) is 44.2 Å². The van der Waals surface area contributed by atoms with E-state index in [0.29, 0.717) is 5.52 Å². The Kier molecular flexibility index (Phi) is 6.96. The van der Waals surface area contributed by atoms with Gasteiger partial charge in [0.05, 0.1) is 0 Å². The Morgan fingerprint density at radius 2 is 1.48 bits per heavy atom. The molecule has 9 N–H and O–H groups in total. The standard InChI is InChI=1S/C5H4FN5.2H3O4P/c6-5-10-2-3(7)8-1-9-4(2)11-5;2*1-5(2,3)4/h1H,(H3,7,8,9,10,11);2*(H3,1,2,3,4). The van der Waals surface area contributed by atoms with E-state index in [0.717, 1.165) is 0 Å². The summed E-state index contributed by atoms with van der Waals surface area (Å²) in [6, 6.07) is 0. The molecule has 16 heteroatoms. The lowest BCUT2D eigenvalue weighted by molar-refractivity contribution is 0.272. The van der Waals surface area contributed by atoms with E-state index in [1.807, 2.05) is 0 Å². The molecular formula is C5H10FN5O8P2. The first-order chi connectivity index (χ1) is 9.27. The number of rotatable bonds is 0. The van der Waals surface area contributed by atoms with Crippen molar-refractivity contribution in [2.24, 2.45) is 0 Å². The molecule has 2 rings (SSSR count). The number of nitrogen functional groups attached to an aromatic ring is 1. The molecule has 0 amide bonds. The van der Waals surface area contributed by atoms with Crippen LogP contribution in [0.4, 0.5) is 10.2 Å². The Morgan fingerprint density at radius 3 is 1.86 bits per heavy atom. The third kappa shape index (κ3) is 12.0. The Labute approximate surface area is 114 Å². The minimum Gasteiger partial charge on any atom is -0.382 e. The van der Waals surface area contributed by atoms with E-state index in [9.17, 15) is 4.39 Å². The van der Waals surface area contributed by atoms with Crippen molar-refractivity contribution >= 4 is 32.6 Å². The summed E-state index contributed by atoms with van der Waals surface area (Å²) in [7, 11) is -9.28. The molecule has 0 radical (unpaired) electrons. The van der Waals surface area contributed by atoms with Crippen LogP contribution in [0.3, 0.4) is 0 Å². The minimum absolute atomic E-state index is 0.200. The first-order valence-electron chi connectivity index (χ1n) is 4.45. The fraction of sp³-hybridized carbons (Fsp3) is 0. The fourth-order valence-electron chi connectivity index (χ4n) is 0.818. The van der Waals surface area contributed by atoms with Crippen LogP contribution in [0.25, 0.3) is 11.2 Å². The Hall–Kier alpha value is -1.50. The van der Waals surface area contributed by atoms with E-state index in [-0.39, 0.29) is 11.5 Å². The predicted molar refractivity (Wildman–Crippen MR) is 64.6 cm³/mol. The molecule has 0 atom stereocenters. The number of imidazole rings is 1. The van der Waals surface area contributed by atoms with Crippen molar-refractivity contribution in [3.63, 3.8) is 0 Å². The highest BCUT2D eigenvalue weighted by Gasteiger charge is 2.05. The van der Waals surface area contributed by atoms with E-state index in [2.05, 4.69) is 19.9 Å². The zero-order valence-electron chi connectivity index (χ0n) is 9.77. The lowest BCUT2D eigenvalue weighted by atomic mass is 10.5. The molecule has 0 aliphatic heterocycles. The first kappa shape index (κ1) is 19.5. The summed E-state index contributed by atoms with van der Waals surface area (Å²) in [5, 5.41) is 0. The maximum atomic E-state index is 12.4. The molecule has 0 aliphatic rings. The summed E-state index contributed by atoms with van der Waals surface area (Å²) in [5.74, 6) is 0.200.